The molecule has 7 heteroatoms. The van der Waals surface area contributed by atoms with Crippen molar-refractivity contribution in [2.45, 2.75) is 6.61 Å². The monoisotopic (exact) mass is 298 g/mol. The number of benzene rings is 2. The summed E-state index contributed by atoms with van der Waals surface area (Å²) >= 11 is 5.55. The highest BCUT2D eigenvalue weighted by atomic mass is 35.5. The molecule has 0 atom stereocenters. The summed E-state index contributed by atoms with van der Waals surface area (Å²) in [5.41, 5.74) is 0.510. The second kappa shape index (κ2) is 6.22. The predicted molar refractivity (Wildman–Crippen MR) is 72.0 cm³/mol. The molecule has 0 aliphatic heterocycles. The van der Waals surface area contributed by atoms with Gasteiger partial charge in [0.15, 0.2) is 0 Å². The Labute approximate surface area is 119 Å². The number of halogens is 3. The van der Waals surface area contributed by atoms with Crippen molar-refractivity contribution in [3.63, 3.8) is 0 Å². The average Bonchev–Trinajstić information content (AvgIpc) is 2.40. The van der Waals surface area contributed by atoms with Gasteiger partial charge in [0.2, 0.25) is 0 Å². The van der Waals surface area contributed by atoms with Gasteiger partial charge in [-0.05, 0) is 23.8 Å². The molecule has 0 unspecified atom stereocenters. The van der Waals surface area contributed by atoms with Gasteiger partial charge in [0.05, 0.1) is 5.02 Å². The highest BCUT2D eigenvalue weighted by Crippen LogP contribution is 2.18. The molecule has 0 saturated heterocycles. The molecule has 20 heavy (non-hydrogen) atoms. The van der Waals surface area contributed by atoms with E-state index in [2.05, 4.69) is 0 Å². The van der Waals surface area contributed by atoms with Crippen LogP contribution in [0.2, 0.25) is 5.02 Å². The third kappa shape index (κ3) is 3.48. The van der Waals surface area contributed by atoms with Crippen molar-refractivity contribution in [2.75, 3.05) is 0 Å². The molecular formula is C13H10BClF2O3. The van der Waals surface area contributed by atoms with Crippen molar-refractivity contribution in [3.8, 4) is 5.75 Å². The molecule has 0 amide bonds. The fourth-order valence-corrected chi connectivity index (χ4v) is 1.75. The summed E-state index contributed by atoms with van der Waals surface area (Å²) in [6.45, 7) is -0.0583. The van der Waals surface area contributed by atoms with Crippen LogP contribution >= 0.6 is 11.6 Å². The summed E-state index contributed by atoms with van der Waals surface area (Å²) in [5, 5.41) is 18.3. The number of ether oxygens (including phenoxy) is 1. The van der Waals surface area contributed by atoms with Crippen LogP contribution in [-0.2, 0) is 6.61 Å². The Balaban J connectivity index is 2.17. The molecule has 0 aliphatic carbocycles. The molecule has 2 N–H and O–H groups in total. The standard InChI is InChI=1S/C13H10BClF2O3/c15-11-4-1-8(5-12(11)17)7-20-13-6-9(16)2-3-10(13)14(18)19/h1-6,18-19H,7H2. The summed E-state index contributed by atoms with van der Waals surface area (Å²) < 4.78 is 31.7. The zero-order chi connectivity index (χ0) is 14.7. The van der Waals surface area contributed by atoms with E-state index in [1.165, 1.54) is 18.2 Å². The lowest BCUT2D eigenvalue weighted by molar-refractivity contribution is 0.304. The Bertz CT molecular complexity index is 623. The van der Waals surface area contributed by atoms with E-state index >= 15 is 0 Å². The van der Waals surface area contributed by atoms with E-state index in [9.17, 15) is 8.78 Å². The second-order valence-corrected chi connectivity index (χ2v) is 4.50. The minimum Gasteiger partial charge on any atom is -0.489 e. The molecule has 0 spiro atoms. The van der Waals surface area contributed by atoms with Gasteiger partial charge in [-0.15, -0.1) is 0 Å². The fourth-order valence-electron chi connectivity index (χ4n) is 1.64. The molecule has 0 saturated carbocycles. The van der Waals surface area contributed by atoms with E-state index in [4.69, 9.17) is 26.4 Å². The lowest BCUT2D eigenvalue weighted by Crippen LogP contribution is -2.31. The van der Waals surface area contributed by atoms with Gasteiger partial charge < -0.3 is 14.8 Å². The van der Waals surface area contributed by atoms with Crippen molar-refractivity contribution in [1.82, 2.24) is 0 Å². The van der Waals surface area contributed by atoms with E-state index in [1.807, 2.05) is 0 Å². The first-order valence-electron chi connectivity index (χ1n) is 5.69. The predicted octanol–water partition coefficient (Wildman–Crippen LogP) is 1.88. The van der Waals surface area contributed by atoms with Crippen LogP contribution in [0, 0.1) is 11.6 Å². The van der Waals surface area contributed by atoms with Gasteiger partial charge in [-0.1, -0.05) is 23.7 Å². The zero-order valence-corrected chi connectivity index (χ0v) is 10.9. The maximum atomic E-state index is 13.2. The van der Waals surface area contributed by atoms with Crippen LogP contribution in [0.3, 0.4) is 0 Å². The average molecular weight is 298 g/mol. The maximum Gasteiger partial charge on any atom is 0.492 e. The van der Waals surface area contributed by atoms with Gasteiger partial charge in [0, 0.05) is 11.5 Å². The molecule has 104 valence electrons. The molecule has 2 aromatic carbocycles. The summed E-state index contributed by atoms with van der Waals surface area (Å²) in [4.78, 5) is 0. The van der Waals surface area contributed by atoms with Crippen LogP contribution in [0.5, 0.6) is 5.75 Å². The van der Waals surface area contributed by atoms with Crippen molar-refractivity contribution >= 4 is 24.2 Å². The first kappa shape index (κ1) is 14.8. The third-order valence-electron chi connectivity index (χ3n) is 2.63. The maximum absolute atomic E-state index is 13.2. The van der Waals surface area contributed by atoms with Crippen LogP contribution in [-0.4, -0.2) is 17.2 Å². The summed E-state index contributed by atoms with van der Waals surface area (Å²) in [6, 6.07) is 7.45. The molecule has 0 heterocycles. The van der Waals surface area contributed by atoms with Crippen LogP contribution in [0.25, 0.3) is 0 Å². The molecular weight excluding hydrogens is 288 g/mol. The molecule has 0 aromatic heterocycles. The Morgan fingerprint density at radius 2 is 1.85 bits per heavy atom. The topological polar surface area (TPSA) is 49.7 Å². The number of hydrogen-bond donors (Lipinski definition) is 2. The van der Waals surface area contributed by atoms with Gasteiger partial charge in [-0.25, -0.2) is 8.78 Å². The van der Waals surface area contributed by atoms with Gasteiger partial charge in [-0.3, -0.25) is 0 Å². The lowest BCUT2D eigenvalue weighted by Gasteiger charge is -2.11. The molecule has 0 bridgehead atoms. The number of hydrogen-bond acceptors (Lipinski definition) is 3. The van der Waals surface area contributed by atoms with Crippen LogP contribution in [0.1, 0.15) is 5.56 Å². The summed E-state index contributed by atoms with van der Waals surface area (Å²) in [5.74, 6) is -1.18. The minimum atomic E-state index is -1.78. The Hall–Kier alpha value is -1.63. The van der Waals surface area contributed by atoms with E-state index in [1.54, 1.807) is 6.07 Å². The van der Waals surface area contributed by atoms with Gasteiger partial charge in [0.1, 0.15) is 24.0 Å². The highest BCUT2D eigenvalue weighted by Gasteiger charge is 2.18. The molecule has 0 fully saturated rings. The van der Waals surface area contributed by atoms with E-state index < -0.39 is 18.8 Å². The smallest absolute Gasteiger partial charge is 0.489 e. The van der Waals surface area contributed by atoms with Crippen LogP contribution < -0.4 is 10.2 Å². The quantitative estimate of drug-likeness (QED) is 0.847. The molecule has 0 aliphatic rings. The summed E-state index contributed by atoms with van der Waals surface area (Å²) in [6.07, 6.45) is 0. The SMILES string of the molecule is OB(O)c1ccc(F)cc1OCc1ccc(Cl)c(F)c1. The minimum absolute atomic E-state index is 0.00836. The second-order valence-electron chi connectivity index (χ2n) is 4.09. The third-order valence-corrected chi connectivity index (χ3v) is 2.94. The normalized spacial score (nSPS) is 10.4. The van der Waals surface area contributed by atoms with Crippen molar-refractivity contribution < 1.29 is 23.6 Å². The largest absolute Gasteiger partial charge is 0.492 e. The Morgan fingerprint density at radius 3 is 2.50 bits per heavy atom. The van der Waals surface area contributed by atoms with Crippen LogP contribution in [0.15, 0.2) is 36.4 Å². The fraction of sp³-hybridized carbons (Fsp3) is 0.0769. The first-order valence-corrected chi connectivity index (χ1v) is 6.07. The van der Waals surface area contributed by atoms with E-state index in [0.717, 1.165) is 12.1 Å². The zero-order valence-electron chi connectivity index (χ0n) is 10.2. The van der Waals surface area contributed by atoms with Gasteiger partial charge >= 0.3 is 7.12 Å². The Kier molecular flexibility index (Phi) is 4.59. The van der Waals surface area contributed by atoms with Gasteiger partial charge in [-0.2, -0.15) is 0 Å². The van der Waals surface area contributed by atoms with Crippen molar-refractivity contribution in [2.24, 2.45) is 0 Å². The highest BCUT2D eigenvalue weighted by molar-refractivity contribution is 6.59. The van der Waals surface area contributed by atoms with E-state index in [-0.39, 0.29) is 22.8 Å². The number of rotatable bonds is 4. The van der Waals surface area contributed by atoms with E-state index in [0.29, 0.717) is 5.56 Å². The molecule has 3 nitrogen and oxygen atoms in total. The molecule has 2 rings (SSSR count). The Morgan fingerprint density at radius 1 is 1.10 bits per heavy atom. The lowest BCUT2D eigenvalue weighted by atomic mass is 9.79. The first-order chi connectivity index (χ1) is 9.47. The van der Waals surface area contributed by atoms with Crippen LogP contribution in [0.4, 0.5) is 8.78 Å². The molecule has 0 radical (unpaired) electrons. The van der Waals surface area contributed by atoms with Gasteiger partial charge in [0.25, 0.3) is 0 Å². The van der Waals surface area contributed by atoms with Crippen molar-refractivity contribution in [1.29, 1.82) is 0 Å². The molecule has 2 aromatic rings. The van der Waals surface area contributed by atoms with Crippen molar-refractivity contribution in [3.05, 3.63) is 58.6 Å². The summed E-state index contributed by atoms with van der Waals surface area (Å²) in [7, 11) is -1.78.